The van der Waals surface area contributed by atoms with E-state index < -0.39 is 18.4 Å². The van der Waals surface area contributed by atoms with E-state index in [1.807, 2.05) is 29.8 Å². The van der Waals surface area contributed by atoms with E-state index >= 15 is 0 Å². The molecule has 0 atom stereocenters. The number of nitrogens with zero attached hydrogens (tertiary/aromatic N) is 2. The number of pyridine rings is 1. The molecule has 2 aromatic rings. The third-order valence-electron chi connectivity index (χ3n) is 4.96. The quantitative estimate of drug-likeness (QED) is 0.377. The van der Waals surface area contributed by atoms with Gasteiger partial charge in [0, 0.05) is 0 Å². The van der Waals surface area contributed by atoms with Gasteiger partial charge in [-0.25, -0.2) is 0 Å². The van der Waals surface area contributed by atoms with Crippen LogP contribution in [0.5, 0.6) is 0 Å². The Morgan fingerprint density at radius 2 is 1.54 bits per heavy atom. The van der Waals surface area contributed by atoms with Crippen molar-refractivity contribution in [3.05, 3.63) is 30.7 Å². The Morgan fingerprint density at radius 3 is 2.04 bits per heavy atom. The van der Waals surface area contributed by atoms with Gasteiger partial charge in [0.15, 0.2) is 0 Å². The van der Waals surface area contributed by atoms with Gasteiger partial charge in [0.05, 0.1) is 0 Å². The van der Waals surface area contributed by atoms with Crippen molar-refractivity contribution in [1.82, 2.24) is 9.97 Å². The topological polar surface area (TPSA) is 25.8 Å². The van der Waals surface area contributed by atoms with Crippen LogP contribution < -0.4 is 2.89 Å². The first-order valence-corrected chi connectivity index (χ1v) is 17.9. The predicted octanol–water partition coefficient (Wildman–Crippen LogP) is 6.26. The summed E-state index contributed by atoms with van der Waals surface area (Å²) in [5.41, 5.74) is 1.18. The molecule has 2 aromatic heterocycles. The van der Waals surface area contributed by atoms with Crippen molar-refractivity contribution in [2.45, 2.75) is 72.6 Å². The van der Waals surface area contributed by atoms with E-state index in [9.17, 15) is 0 Å². The summed E-state index contributed by atoms with van der Waals surface area (Å²) in [5.74, 6) is 0. The molecule has 0 amide bonds. The van der Waals surface area contributed by atoms with Crippen molar-refractivity contribution < 1.29 is 0 Å². The molecule has 2 rings (SSSR count). The minimum absolute atomic E-state index is 1.17. The number of hydrogen-bond acceptors (Lipinski definition) is 3. The van der Waals surface area contributed by atoms with Crippen molar-refractivity contribution in [2.75, 3.05) is 0 Å². The molecule has 0 aromatic carbocycles. The van der Waals surface area contributed by atoms with Crippen molar-refractivity contribution in [3.8, 4) is 10.6 Å². The van der Waals surface area contributed by atoms with E-state index in [1.165, 1.54) is 62.4 Å². The van der Waals surface area contributed by atoms with Gasteiger partial charge in [-0.2, -0.15) is 0 Å². The van der Waals surface area contributed by atoms with E-state index in [0.717, 1.165) is 0 Å². The molecule has 0 N–H and O–H groups in total. The summed E-state index contributed by atoms with van der Waals surface area (Å²) < 4.78 is 6.25. The van der Waals surface area contributed by atoms with Gasteiger partial charge in [-0.05, 0) is 0 Å². The fraction of sp³-hybridized carbons (Fsp3) is 0.600. The van der Waals surface area contributed by atoms with Crippen LogP contribution >= 0.6 is 11.3 Å². The van der Waals surface area contributed by atoms with Gasteiger partial charge in [-0.3, -0.25) is 0 Å². The Hall–Kier alpha value is -0.421. The molecule has 0 bridgehead atoms. The maximum absolute atomic E-state index is 4.81. The molecular formula is C20H32N2SSn. The Balaban J connectivity index is 2.31. The zero-order valence-corrected chi connectivity index (χ0v) is 19.2. The van der Waals surface area contributed by atoms with Crippen molar-refractivity contribution in [3.63, 3.8) is 0 Å². The summed E-state index contributed by atoms with van der Waals surface area (Å²) in [4.78, 5) is 9.07. The maximum atomic E-state index is 4.81. The van der Waals surface area contributed by atoms with Crippen LogP contribution in [-0.2, 0) is 0 Å². The monoisotopic (exact) mass is 452 g/mol. The number of rotatable bonds is 11. The zero-order chi connectivity index (χ0) is 17.3. The van der Waals surface area contributed by atoms with Gasteiger partial charge in [-0.1, -0.05) is 0 Å². The first-order chi connectivity index (χ1) is 11.8. The molecule has 0 spiro atoms. The molecule has 24 heavy (non-hydrogen) atoms. The molecule has 2 nitrogen and oxygen atoms in total. The predicted molar refractivity (Wildman–Crippen MR) is 110 cm³/mol. The van der Waals surface area contributed by atoms with Crippen LogP contribution in [0, 0.1) is 0 Å². The Kier molecular flexibility index (Phi) is 8.74. The van der Waals surface area contributed by atoms with Gasteiger partial charge in [0.2, 0.25) is 0 Å². The van der Waals surface area contributed by atoms with E-state index in [2.05, 4.69) is 38.0 Å². The van der Waals surface area contributed by atoms with Crippen molar-refractivity contribution in [1.29, 1.82) is 0 Å². The fourth-order valence-corrected chi connectivity index (χ4v) is 23.1. The molecule has 0 saturated heterocycles. The average Bonchev–Trinajstić information content (AvgIpc) is 3.13. The normalized spacial score (nSPS) is 11.8. The van der Waals surface area contributed by atoms with E-state index in [0.29, 0.717) is 0 Å². The van der Waals surface area contributed by atoms with Crippen LogP contribution in [0.2, 0.25) is 13.3 Å². The number of unbranched alkanes of at least 4 members (excludes halogenated alkanes) is 3. The van der Waals surface area contributed by atoms with Gasteiger partial charge in [-0.15, -0.1) is 0 Å². The van der Waals surface area contributed by atoms with Crippen LogP contribution in [0.25, 0.3) is 10.6 Å². The summed E-state index contributed by atoms with van der Waals surface area (Å²) in [6.07, 6.45) is 14.2. The molecule has 0 aliphatic heterocycles. The van der Waals surface area contributed by atoms with Gasteiger partial charge >= 0.3 is 156 Å². The number of thiazole rings is 1. The first-order valence-electron chi connectivity index (χ1n) is 9.62. The standard InChI is InChI=1S/C8H5N2S.3C4H9.Sn/c1-2-7(6-9-3-1)8-10-4-5-11-8;3*1-3-4-2;/h1-4,6H;3*1,3-4H2,2H3;. The van der Waals surface area contributed by atoms with E-state index in [1.54, 1.807) is 2.89 Å². The van der Waals surface area contributed by atoms with Gasteiger partial charge < -0.3 is 0 Å². The Bertz CT molecular complexity index is 561. The second-order valence-electron chi connectivity index (χ2n) is 6.86. The molecule has 0 aliphatic carbocycles. The average molecular weight is 451 g/mol. The second-order valence-corrected chi connectivity index (χ2v) is 22.1. The summed E-state index contributed by atoms with van der Waals surface area (Å²) in [6.45, 7) is 7.01. The van der Waals surface area contributed by atoms with Crippen LogP contribution in [-0.4, -0.2) is 28.3 Å². The summed E-state index contributed by atoms with van der Waals surface area (Å²) in [6, 6.07) is 4.15. The molecule has 0 unspecified atom stereocenters. The van der Waals surface area contributed by atoms with Crippen LogP contribution in [0.1, 0.15) is 59.3 Å². The summed E-state index contributed by atoms with van der Waals surface area (Å²) in [5, 5.41) is 1.17. The van der Waals surface area contributed by atoms with Crippen LogP contribution in [0.15, 0.2) is 30.7 Å². The molecule has 4 heteroatoms. The fourth-order valence-electron chi connectivity index (χ4n) is 3.43. The van der Waals surface area contributed by atoms with E-state index in [4.69, 9.17) is 4.98 Å². The molecule has 0 aliphatic rings. The summed E-state index contributed by atoms with van der Waals surface area (Å²) >= 11 is -0.318. The van der Waals surface area contributed by atoms with Gasteiger partial charge in [0.1, 0.15) is 0 Å². The zero-order valence-electron chi connectivity index (χ0n) is 15.6. The molecule has 0 saturated carbocycles. The van der Waals surface area contributed by atoms with Crippen LogP contribution in [0.3, 0.4) is 0 Å². The molecule has 0 fully saturated rings. The Labute approximate surface area is 156 Å². The second kappa shape index (κ2) is 10.5. The van der Waals surface area contributed by atoms with Crippen molar-refractivity contribution >= 4 is 32.6 Å². The Morgan fingerprint density at radius 1 is 0.917 bits per heavy atom. The molecule has 0 radical (unpaired) electrons. The van der Waals surface area contributed by atoms with E-state index in [-0.39, 0.29) is 0 Å². The number of hydrogen-bond donors (Lipinski definition) is 0. The minimum atomic E-state index is -2.30. The third kappa shape index (κ3) is 5.29. The molecule has 132 valence electrons. The van der Waals surface area contributed by atoms with Gasteiger partial charge in [0.25, 0.3) is 0 Å². The first kappa shape index (κ1) is 19.9. The molecule has 2 heterocycles. The number of aromatic nitrogens is 2. The third-order valence-corrected chi connectivity index (χ3v) is 24.2. The van der Waals surface area contributed by atoms with Crippen molar-refractivity contribution in [2.24, 2.45) is 0 Å². The SMILES string of the molecule is CCC[CH2][Sn]([CH2]CCC)([CH2]CCC)[c]1cnc(-c2cccnc2)s1. The van der Waals surface area contributed by atoms with Crippen LogP contribution in [0.4, 0.5) is 0 Å². The summed E-state index contributed by atoms with van der Waals surface area (Å²) in [7, 11) is 0. The molecular weight excluding hydrogens is 419 g/mol.